The van der Waals surface area contributed by atoms with E-state index in [-0.39, 0.29) is 11.6 Å². The maximum Gasteiger partial charge on any atom is 0.161 e. The van der Waals surface area contributed by atoms with Crippen LogP contribution in [0.1, 0.15) is 38.3 Å². The molecule has 0 aliphatic carbocycles. The molecule has 3 N–H and O–H groups in total. The number of benzene rings is 1. The van der Waals surface area contributed by atoms with E-state index in [9.17, 15) is 0 Å². The molecular weight excluding hydrogens is 266 g/mol. The van der Waals surface area contributed by atoms with Gasteiger partial charge in [-0.2, -0.15) is 0 Å². The number of nitrogens with zero attached hydrogens (tertiary/aromatic N) is 1. The van der Waals surface area contributed by atoms with E-state index in [2.05, 4.69) is 36.3 Å². The van der Waals surface area contributed by atoms with Crippen LogP contribution in [-0.4, -0.2) is 36.7 Å². The lowest BCUT2D eigenvalue weighted by molar-refractivity contribution is 0.106. The molecule has 1 saturated heterocycles. The Labute approximate surface area is 126 Å². The molecular formula is C16H25N3O2. The Morgan fingerprint density at radius 3 is 2.48 bits per heavy atom. The summed E-state index contributed by atoms with van der Waals surface area (Å²) in [4.78, 5) is 2.51. The molecule has 3 rings (SSSR count). The van der Waals surface area contributed by atoms with Crippen LogP contribution in [0, 0.1) is 0 Å². The summed E-state index contributed by atoms with van der Waals surface area (Å²) in [6.07, 6.45) is 2.53. The number of hydrogen-bond acceptors (Lipinski definition) is 5. The van der Waals surface area contributed by atoms with Gasteiger partial charge in [-0.25, -0.2) is 0 Å². The lowest BCUT2D eigenvalue weighted by atomic mass is 9.87. The summed E-state index contributed by atoms with van der Waals surface area (Å²) >= 11 is 0. The van der Waals surface area contributed by atoms with Crippen molar-refractivity contribution in [1.29, 1.82) is 0 Å². The molecule has 2 aliphatic rings. The van der Waals surface area contributed by atoms with E-state index in [1.165, 1.54) is 12.8 Å². The fraction of sp³-hybridized carbons (Fsp3) is 0.625. The van der Waals surface area contributed by atoms with Crippen LogP contribution in [0.15, 0.2) is 18.2 Å². The van der Waals surface area contributed by atoms with Crippen LogP contribution >= 0.6 is 0 Å². The van der Waals surface area contributed by atoms with Crippen LogP contribution < -0.4 is 20.7 Å². The molecule has 5 heteroatoms. The number of hydrazine groups is 1. The second kappa shape index (κ2) is 5.83. The Balaban J connectivity index is 1.88. The van der Waals surface area contributed by atoms with E-state index in [0.29, 0.717) is 13.2 Å². The molecule has 1 fully saturated rings. The van der Waals surface area contributed by atoms with Gasteiger partial charge in [0.15, 0.2) is 11.5 Å². The molecule has 0 aromatic heterocycles. The van der Waals surface area contributed by atoms with Crippen molar-refractivity contribution in [3.63, 3.8) is 0 Å². The first-order valence-electron chi connectivity index (χ1n) is 7.73. The third kappa shape index (κ3) is 2.73. The fourth-order valence-electron chi connectivity index (χ4n) is 3.42. The van der Waals surface area contributed by atoms with Crippen LogP contribution in [0.5, 0.6) is 11.5 Å². The Bertz CT molecular complexity index is 498. The van der Waals surface area contributed by atoms with Crippen LogP contribution in [0.4, 0.5) is 0 Å². The number of fused-ring (bicyclic) bond motifs is 1. The minimum atomic E-state index is -0.0466. The number of nitrogens with one attached hydrogen (secondary N) is 1. The Morgan fingerprint density at radius 1 is 1.14 bits per heavy atom. The van der Waals surface area contributed by atoms with Gasteiger partial charge in [-0.05, 0) is 57.5 Å². The fourth-order valence-corrected chi connectivity index (χ4v) is 3.42. The van der Waals surface area contributed by atoms with Crippen molar-refractivity contribution >= 4 is 0 Å². The lowest BCUT2D eigenvalue weighted by Gasteiger charge is -2.42. The summed E-state index contributed by atoms with van der Waals surface area (Å²) in [7, 11) is 0. The van der Waals surface area contributed by atoms with Crippen molar-refractivity contribution in [2.75, 3.05) is 26.3 Å². The quantitative estimate of drug-likeness (QED) is 0.655. The zero-order valence-electron chi connectivity index (χ0n) is 12.9. The van der Waals surface area contributed by atoms with E-state index in [1.54, 1.807) is 0 Å². The number of ether oxygens (including phenoxy) is 2. The van der Waals surface area contributed by atoms with E-state index in [1.807, 2.05) is 6.07 Å². The monoisotopic (exact) mass is 291 g/mol. The molecule has 1 atom stereocenters. The zero-order valence-corrected chi connectivity index (χ0v) is 12.9. The first-order chi connectivity index (χ1) is 10.1. The number of nitrogens with two attached hydrogens (primary N) is 1. The zero-order chi connectivity index (χ0) is 14.9. The van der Waals surface area contributed by atoms with Crippen LogP contribution in [-0.2, 0) is 0 Å². The Morgan fingerprint density at radius 2 is 1.81 bits per heavy atom. The minimum Gasteiger partial charge on any atom is -0.486 e. The highest BCUT2D eigenvalue weighted by molar-refractivity contribution is 5.45. The van der Waals surface area contributed by atoms with Gasteiger partial charge in [0.1, 0.15) is 13.2 Å². The smallest absolute Gasteiger partial charge is 0.161 e. The molecule has 21 heavy (non-hydrogen) atoms. The normalized spacial score (nSPS) is 20.5. The predicted octanol–water partition coefficient (Wildman–Crippen LogP) is 1.84. The first-order valence-corrected chi connectivity index (χ1v) is 7.73. The molecule has 116 valence electrons. The molecule has 0 radical (unpaired) electrons. The van der Waals surface area contributed by atoms with Gasteiger partial charge in [-0.1, -0.05) is 6.07 Å². The molecule has 1 aromatic rings. The van der Waals surface area contributed by atoms with Gasteiger partial charge >= 0.3 is 0 Å². The second-order valence-electron chi connectivity index (χ2n) is 6.35. The summed E-state index contributed by atoms with van der Waals surface area (Å²) in [5, 5.41) is 0. The Kier molecular flexibility index (Phi) is 4.06. The van der Waals surface area contributed by atoms with Crippen molar-refractivity contribution in [3.8, 4) is 11.5 Å². The number of rotatable bonds is 4. The molecule has 0 spiro atoms. The highest BCUT2D eigenvalue weighted by atomic mass is 16.6. The molecule has 1 unspecified atom stereocenters. The maximum absolute atomic E-state index is 5.89. The number of likely N-dealkylation sites (tertiary alicyclic amines) is 1. The molecule has 0 bridgehead atoms. The Hall–Kier alpha value is -1.30. The standard InChI is InChI=1S/C16H25N3O2/c1-16(2,19-7-3-4-8-19)15(18-17)12-5-6-13-14(11-12)21-10-9-20-13/h5-6,11,15,18H,3-4,7-10,17H2,1-2H3. The average Bonchev–Trinajstić information content (AvgIpc) is 3.02. The van der Waals surface area contributed by atoms with Gasteiger partial charge in [0.05, 0.1) is 6.04 Å². The van der Waals surface area contributed by atoms with Gasteiger partial charge in [0.2, 0.25) is 0 Å². The first kappa shape index (κ1) is 14.6. The van der Waals surface area contributed by atoms with Crippen molar-refractivity contribution in [2.24, 2.45) is 5.84 Å². The third-order valence-electron chi connectivity index (χ3n) is 4.69. The summed E-state index contributed by atoms with van der Waals surface area (Å²) in [6.45, 7) is 7.99. The third-order valence-corrected chi connectivity index (χ3v) is 4.69. The largest absolute Gasteiger partial charge is 0.486 e. The second-order valence-corrected chi connectivity index (χ2v) is 6.35. The van der Waals surface area contributed by atoms with E-state index in [0.717, 1.165) is 30.2 Å². The van der Waals surface area contributed by atoms with E-state index >= 15 is 0 Å². The SMILES string of the molecule is CC(C)(C(NN)c1ccc2c(c1)OCCO2)N1CCCC1. The van der Waals surface area contributed by atoms with Gasteiger partial charge < -0.3 is 9.47 Å². The van der Waals surface area contributed by atoms with E-state index < -0.39 is 0 Å². The maximum atomic E-state index is 5.89. The van der Waals surface area contributed by atoms with Gasteiger partial charge in [0.25, 0.3) is 0 Å². The lowest BCUT2D eigenvalue weighted by Crippen LogP contribution is -2.53. The summed E-state index contributed by atoms with van der Waals surface area (Å²) < 4.78 is 11.3. The van der Waals surface area contributed by atoms with Gasteiger partial charge in [0, 0.05) is 5.54 Å². The predicted molar refractivity (Wildman–Crippen MR) is 82.4 cm³/mol. The minimum absolute atomic E-state index is 0.0466. The summed E-state index contributed by atoms with van der Waals surface area (Å²) in [6, 6.07) is 6.16. The molecule has 2 heterocycles. The van der Waals surface area contributed by atoms with Crippen LogP contribution in [0.25, 0.3) is 0 Å². The summed E-state index contributed by atoms with van der Waals surface area (Å²) in [5.41, 5.74) is 4.10. The molecule has 1 aromatic carbocycles. The average molecular weight is 291 g/mol. The molecule has 0 amide bonds. The van der Waals surface area contributed by atoms with Gasteiger partial charge in [-0.3, -0.25) is 16.2 Å². The highest BCUT2D eigenvalue weighted by Gasteiger charge is 2.37. The number of hydrogen-bond donors (Lipinski definition) is 2. The van der Waals surface area contributed by atoms with Crippen LogP contribution in [0.2, 0.25) is 0 Å². The van der Waals surface area contributed by atoms with Gasteiger partial charge in [-0.15, -0.1) is 0 Å². The molecule has 0 saturated carbocycles. The molecule has 5 nitrogen and oxygen atoms in total. The summed E-state index contributed by atoms with van der Waals surface area (Å²) in [5.74, 6) is 7.52. The highest BCUT2D eigenvalue weighted by Crippen LogP contribution is 2.38. The van der Waals surface area contributed by atoms with Crippen molar-refractivity contribution in [3.05, 3.63) is 23.8 Å². The topological polar surface area (TPSA) is 59.8 Å². The van der Waals surface area contributed by atoms with E-state index in [4.69, 9.17) is 15.3 Å². The van der Waals surface area contributed by atoms with Crippen LogP contribution in [0.3, 0.4) is 0 Å². The van der Waals surface area contributed by atoms with Crippen molar-refractivity contribution in [1.82, 2.24) is 10.3 Å². The van der Waals surface area contributed by atoms with Crippen molar-refractivity contribution < 1.29 is 9.47 Å². The molecule has 2 aliphatic heterocycles. The van der Waals surface area contributed by atoms with Crippen molar-refractivity contribution in [2.45, 2.75) is 38.3 Å².